The molecule has 0 unspecified atom stereocenters. The van der Waals surface area contributed by atoms with Crippen molar-refractivity contribution in [3.05, 3.63) is 29.1 Å². The van der Waals surface area contributed by atoms with Crippen LogP contribution in [0.5, 0.6) is 0 Å². The fourth-order valence-electron chi connectivity index (χ4n) is 1.79. The summed E-state index contributed by atoms with van der Waals surface area (Å²) in [5, 5.41) is 12.6. The molecule has 0 saturated carbocycles. The highest BCUT2D eigenvalue weighted by Crippen LogP contribution is 2.28. The average molecular weight is 277 g/mol. The van der Waals surface area contributed by atoms with E-state index in [2.05, 4.69) is 5.32 Å². The molecule has 0 atom stereocenters. The number of nitrogens with one attached hydrogen (secondary N) is 1. The summed E-state index contributed by atoms with van der Waals surface area (Å²) in [5.74, 6) is -0.926. The zero-order valence-corrected chi connectivity index (χ0v) is 11.4. The van der Waals surface area contributed by atoms with Gasteiger partial charge in [0, 0.05) is 16.8 Å². The van der Waals surface area contributed by atoms with Crippen molar-refractivity contribution < 1.29 is 14.7 Å². The number of thiophene rings is 1. The Bertz CT molecular complexity index is 618. The van der Waals surface area contributed by atoms with Crippen LogP contribution in [0.3, 0.4) is 0 Å². The van der Waals surface area contributed by atoms with Crippen LogP contribution in [0.1, 0.15) is 35.9 Å². The summed E-state index contributed by atoms with van der Waals surface area (Å²) in [6, 6.07) is 7.07. The van der Waals surface area contributed by atoms with Gasteiger partial charge in [0.15, 0.2) is 0 Å². The SMILES string of the molecule is CCCCC(=O)Nc1ccc2sc(C(=O)O)cc2c1. The van der Waals surface area contributed by atoms with Gasteiger partial charge >= 0.3 is 5.97 Å². The van der Waals surface area contributed by atoms with Crippen LogP contribution in [0, 0.1) is 0 Å². The molecule has 19 heavy (non-hydrogen) atoms. The van der Waals surface area contributed by atoms with E-state index in [1.807, 2.05) is 19.1 Å². The molecule has 0 aliphatic rings. The summed E-state index contributed by atoms with van der Waals surface area (Å²) in [6.07, 6.45) is 2.37. The van der Waals surface area contributed by atoms with E-state index >= 15 is 0 Å². The Morgan fingerprint density at radius 1 is 1.32 bits per heavy atom. The minimum absolute atomic E-state index is 0.00473. The van der Waals surface area contributed by atoms with E-state index in [-0.39, 0.29) is 5.91 Å². The Morgan fingerprint density at radius 3 is 2.79 bits per heavy atom. The maximum absolute atomic E-state index is 11.6. The summed E-state index contributed by atoms with van der Waals surface area (Å²) in [5.41, 5.74) is 0.711. The van der Waals surface area contributed by atoms with Crippen molar-refractivity contribution in [3.63, 3.8) is 0 Å². The van der Waals surface area contributed by atoms with Gasteiger partial charge in [-0.2, -0.15) is 0 Å². The van der Waals surface area contributed by atoms with Gasteiger partial charge in [-0.25, -0.2) is 4.79 Å². The standard InChI is InChI=1S/C14H15NO3S/c1-2-3-4-13(16)15-10-5-6-11-9(7-10)8-12(19-11)14(17)18/h5-8H,2-4H2,1H3,(H,15,16)(H,17,18). The first-order valence-electron chi connectivity index (χ1n) is 6.17. The molecule has 2 rings (SSSR count). The topological polar surface area (TPSA) is 66.4 Å². The van der Waals surface area contributed by atoms with Crippen molar-refractivity contribution in [3.8, 4) is 0 Å². The second-order valence-electron chi connectivity index (χ2n) is 4.32. The van der Waals surface area contributed by atoms with E-state index in [0.29, 0.717) is 17.0 Å². The number of carbonyl (C=O) groups is 2. The van der Waals surface area contributed by atoms with E-state index in [1.54, 1.807) is 12.1 Å². The van der Waals surface area contributed by atoms with E-state index in [4.69, 9.17) is 5.11 Å². The van der Waals surface area contributed by atoms with Crippen LogP contribution in [-0.2, 0) is 4.79 Å². The third-order valence-corrected chi connectivity index (χ3v) is 3.87. The summed E-state index contributed by atoms with van der Waals surface area (Å²) in [7, 11) is 0. The molecule has 1 aromatic heterocycles. The van der Waals surface area contributed by atoms with Crippen molar-refractivity contribution >= 4 is 39.0 Å². The molecule has 0 radical (unpaired) electrons. The third kappa shape index (κ3) is 3.32. The molecule has 0 fully saturated rings. The molecule has 5 heteroatoms. The third-order valence-electron chi connectivity index (χ3n) is 2.77. The van der Waals surface area contributed by atoms with Crippen LogP contribution in [0.4, 0.5) is 5.69 Å². The van der Waals surface area contributed by atoms with E-state index in [1.165, 1.54) is 11.3 Å². The number of carbonyl (C=O) groups excluding carboxylic acids is 1. The Kier molecular flexibility index (Phi) is 4.16. The number of amides is 1. The maximum Gasteiger partial charge on any atom is 0.345 e. The Hall–Kier alpha value is -1.88. The van der Waals surface area contributed by atoms with E-state index < -0.39 is 5.97 Å². The molecule has 0 saturated heterocycles. The zero-order chi connectivity index (χ0) is 13.8. The van der Waals surface area contributed by atoms with Gasteiger partial charge in [0.25, 0.3) is 0 Å². The van der Waals surface area contributed by atoms with Crippen LogP contribution < -0.4 is 5.32 Å². The van der Waals surface area contributed by atoms with Crippen molar-refractivity contribution in [1.82, 2.24) is 0 Å². The van der Waals surface area contributed by atoms with Gasteiger partial charge < -0.3 is 10.4 Å². The molecule has 0 aliphatic carbocycles. The second-order valence-corrected chi connectivity index (χ2v) is 5.40. The number of unbranched alkanes of at least 4 members (excludes halogenated alkanes) is 1. The molecular formula is C14H15NO3S. The Balaban J connectivity index is 2.17. The average Bonchev–Trinajstić information content (AvgIpc) is 2.79. The number of hydrogen-bond donors (Lipinski definition) is 2. The maximum atomic E-state index is 11.6. The van der Waals surface area contributed by atoms with Crippen LogP contribution in [0.15, 0.2) is 24.3 Å². The molecule has 1 amide bonds. The number of rotatable bonds is 5. The fraction of sp³-hybridized carbons (Fsp3) is 0.286. The number of carboxylic acids is 1. The molecule has 100 valence electrons. The molecule has 2 N–H and O–H groups in total. The number of anilines is 1. The normalized spacial score (nSPS) is 10.6. The fourth-order valence-corrected chi connectivity index (χ4v) is 2.67. The summed E-state index contributed by atoms with van der Waals surface area (Å²) >= 11 is 1.23. The van der Waals surface area contributed by atoms with Gasteiger partial charge in [-0.05, 0) is 36.1 Å². The molecule has 4 nitrogen and oxygen atoms in total. The molecule has 0 aliphatic heterocycles. The lowest BCUT2D eigenvalue weighted by molar-refractivity contribution is -0.116. The number of benzene rings is 1. The summed E-state index contributed by atoms with van der Waals surface area (Å²) in [6.45, 7) is 2.04. The summed E-state index contributed by atoms with van der Waals surface area (Å²) in [4.78, 5) is 22.8. The van der Waals surface area contributed by atoms with Crippen LogP contribution >= 0.6 is 11.3 Å². The molecule has 1 aromatic carbocycles. The van der Waals surface area contributed by atoms with Crippen LogP contribution in [0.2, 0.25) is 0 Å². The second kappa shape index (κ2) is 5.84. The minimum Gasteiger partial charge on any atom is -0.477 e. The number of hydrogen-bond acceptors (Lipinski definition) is 3. The van der Waals surface area contributed by atoms with Gasteiger partial charge in [-0.3, -0.25) is 4.79 Å². The Labute approximate surface area is 115 Å². The zero-order valence-electron chi connectivity index (χ0n) is 10.6. The van der Waals surface area contributed by atoms with Crippen LogP contribution in [-0.4, -0.2) is 17.0 Å². The molecule has 0 bridgehead atoms. The first-order valence-corrected chi connectivity index (χ1v) is 6.98. The van der Waals surface area contributed by atoms with E-state index in [0.717, 1.165) is 22.9 Å². The lowest BCUT2D eigenvalue weighted by Gasteiger charge is -2.04. The van der Waals surface area contributed by atoms with Gasteiger partial charge in [-0.15, -0.1) is 11.3 Å². The predicted molar refractivity (Wildman–Crippen MR) is 76.9 cm³/mol. The highest BCUT2D eigenvalue weighted by Gasteiger charge is 2.09. The highest BCUT2D eigenvalue weighted by molar-refractivity contribution is 7.20. The number of fused-ring (bicyclic) bond motifs is 1. The van der Waals surface area contributed by atoms with Crippen molar-refractivity contribution in [2.75, 3.05) is 5.32 Å². The first-order chi connectivity index (χ1) is 9.10. The van der Waals surface area contributed by atoms with Gasteiger partial charge in [0.05, 0.1) is 0 Å². The quantitative estimate of drug-likeness (QED) is 0.875. The van der Waals surface area contributed by atoms with Gasteiger partial charge in [0.2, 0.25) is 5.91 Å². The minimum atomic E-state index is -0.922. The van der Waals surface area contributed by atoms with E-state index in [9.17, 15) is 9.59 Å². The molecule has 0 spiro atoms. The lowest BCUT2D eigenvalue weighted by Crippen LogP contribution is -2.10. The van der Waals surface area contributed by atoms with Crippen molar-refractivity contribution in [2.24, 2.45) is 0 Å². The Morgan fingerprint density at radius 2 is 2.11 bits per heavy atom. The predicted octanol–water partition coefficient (Wildman–Crippen LogP) is 3.73. The highest BCUT2D eigenvalue weighted by atomic mass is 32.1. The molecule has 2 aromatic rings. The molecular weight excluding hydrogens is 262 g/mol. The lowest BCUT2D eigenvalue weighted by atomic mass is 10.2. The first kappa shape index (κ1) is 13.5. The number of aromatic carboxylic acids is 1. The largest absolute Gasteiger partial charge is 0.477 e. The van der Waals surface area contributed by atoms with Gasteiger partial charge in [-0.1, -0.05) is 13.3 Å². The number of carboxylic acid groups (broad SMARTS) is 1. The van der Waals surface area contributed by atoms with Crippen molar-refractivity contribution in [1.29, 1.82) is 0 Å². The van der Waals surface area contributed by atoms with Gasteiger partial charge in [0.1, 0.15) is 4.88 Å². The smallest absolute Gasteiger partial charge is 0.345 e. The summed E-state index contributed by atoms with van der Waals surface area (Å²) < 4.78 is 0.906. The molecule has 1 heterocycles. The monoisotopic (exact) mass is 277 g/mol. The van der Waals surface area contributed by atoms with Crippen LogP contribution in [0.25, 0.3) is 10.1 Å². The van der Waals surface area contributed by atoms with Crippen molar-refractivity contribution in [2.45, 2.75) is 26.2 Å².